The smallest absolute Gasteiger partial charge is 0.326 e. The number of rotatable bonds is 6. The van der Waals surface area contributed by atoms with Crippen LogP contribution in [0.2, 0.25) is 5.02 Å². The SMILES string of the molecule is CS(=O)(=O)N[C@H](CC(=O)Nc1cccc(C(F)(F)F)c1)c1ccc(Cl)cc1. The van der Waals surface area contributed by atoms with Crippen LogP contribution in [0.15, 0.2) is 48.5 Å². The molecule has 0 fully saturated rings. The van der Waals surface area contributed by atoms with Gasteiger partial charge >= 0.3 is 6.18 Å². The maximum atomic E-state index is 12.8. The number of hydrogen-bond donors (Lipinski definition) is 2. The predicted octanol–water partition coefficient (Wildman–Crippen LogP) is 3.98. The summed E-state index contributed by atoms with van der Waals surface area (Å²) in [5, 5.41) is 2.79. The summed E-state index contributed by atoms with van der Waals surface area (Å²) >= 11 is 5.80. The summed E-state index contributed by atoms with van der Waals surface area (Å²) in [4.78, 5) is 12.3. The Kier molecular flexibility index (Phi) is 6.50. The van der Waals surface area contributed by atoms with Gasteiger partial charge in [0.1, 0.15) is 0 Å². The van der Waals surface area contributed by atoms with Gasteiger partial charge in [-0.2, -0.15) is 13.2 Å². The van der Waals surface area contributed by atoms with Gasteiger partial charge in [-0.1, -0.05) is 29.8 Å². The molecule has 5 nitrogen and oxygen atoms in total. The minimum Gasteiger partial charge on any atom is -0.326 e. The summed E-state index contributed by atoms with van der Waals surface area (Å²) < 4.78 is 63.8. The number of amides is 1. The number of alkyl halides is 3. The first-order valence-corrected chi connectivity index (χ1v) is 9.91. The highest BCUT2D eigenvalue weighted by atomic mass is 35.5. The van der Waals surface area contributed by atoms with Gasteiger partial charge in [0.05, 0.1) is 17.9 Å². The van der Waals surface area contributed by atoms with Crippen molar-refractivity contribution in [2.24, 2.45) is 0 Å². The molecule has 0 aliphatic carbocycles. The zero-order valence-electron chi connectivity index (χ0n) is 14.0. The van der Waals surface area contributed by atoms with Crippen LogP contribution in [0.25, 0.3) is 0 Å². The van der Waals surface area contributed by atoms with Gasteiger partial charge in [-0.25, -0.2) is 13.1 Å². The second-order valence-electron chi connectivity index (χ2n) is 5.83. The van der Waals surface area contributed by atoms with E-state index < -0.39 is 33.7 Å². The Morgan fingerprint density at radius 1 is 1.15 bits per heavy atom. The Morgan fingerprint density at radius 2 is 1.78 bits per heavy atom. The van der Waals surface area contributed by atoms with E-state index in [0.717, 1.165) is 18.4 Å². The third-order valence-electron chi connectivity index (χ3n) is 3.49. The number of carbonyl (C=O) groups is 1. The first-order chi connectivity index (χ1) is 12.4. The van der Waals surface area contributed by atoms with Crippen LogP contribution in [0.4, 0.5) is 18.9 Å². The van der Waals surface area contributed by atoms with Crippen molar-refractivity contribution in [3.8, 4) is 0 Å². The molecule has 10 heteroatoms. The Morgan fingerprint density at radius 3 is 2.33 bits per heavy atom. The van der Waals surface area contributed by atoms with Crippen molar-refractivity contribution >= 4 is 33.2 Å². The topological polar surface area (TPSA) is 75.3 Å². The maximum absolute atomic E-state index is 12.8. The summed E-state index contributed by atoms with van der Waals surface area (Å²) in [5.41, 5.74) is -0.447. The molecule has 2 rings (SSSR count). The minimum absolute atomic E-state index is 0.0379. The first-order valence-electron chi connectivity index (χ1n) is 7.64. The fourth-order valence-corrected chi connectivity index (χ4v) is 3.21. The van der Waals surface area contributed by atoms with E-state index in [1.165, 1.54) is 12.1 Å². The number of carbonyl (C=O) groups excluding carboxylic acids is 1. The Hall–Kier alpha value is -2.10. The molecule has 0 unspecified atom stereocenters. The number of anilines is 1. The van der Waals surface area contributed by atoms with Crippen LogP contribution >= 0.6 is 11.6 Å². The summed E-state index contributed by atoms with van der Waals surface area (Å²) in [7, 11) is -3.64. The summed E-state index contributed by atoms with van der Waals surface area (Å²) in [5.74, 6) is -0.648. The lowest BCUT2D eigenvalue weighted by atomic mass is 10.0. The van der Waals surface area contributed by atoms with Crippen molar-refractivity contribution in [2.45, 2.75) is 18.6 Å². The number of nitrogens with one attached hydrogen (secondary N) is 2. The van der Waals surface area contributed by atoms with Crippen molar-refractivity contribution in [1.82, 2.24) is 4.72 Å². The van der Waals surface area contributed by atoms with Gasteiger partial charge < -0.3 is 5.32 Å². The van der Waals surface area contributed by atoms with Gasteiger partial charge in [0.2, 0.25) is 15.9 Å². The molecule has 0 heterocycles. The van der Waals surface area contributed by atoms with Gasteiger partial charge in [-0.15, -0.1) is 0 Å². The lowest BCUT2D eigenvalue weighted by Gasteiger charge is -2.18. The lowest BCUT2D eigenvalue weighted by molar-refractivity contribution is -0.137. The molecule has 0 saturated heterocycles. The molecule has 0 bridgehead atoms. The van der Waals surface area contributed by atoms with Crippen LogP contribution in [0.1, 0.15) is 23.6 Å². The fourth-order valence-electron chi connectivity index (χ4n) is 2.35. The van der Waals surface area contributed by atoms with Gasteiger partial charge in [-0.3, -0.25) is 4.79 Å². The number of hydrogen-bond acceptors (Lipinski definition) is 3. The molecule has 0 aromatic heterocycles. The Labute approximate surface area is 159 Å². The monoisotopic (exact) mass is 420 g/mol. The molecule has 1 atom stereocenters. The summed E-state index contributed by atoms with van der Waals surface area (Å²) in [6.07, 6.45) is -3.91. The van der Waals surface area contributed by atoms with E-state index in [4.69, 9.17) is 11.6 Å². The van der Waals surface area contributed by atoms with Crippen LogP contribution < -0.4 is 10.0 Å². The van der Waals surface area contributed by atoms with Crippen LogP contribution in [0.3, 0.4) is 0 Å². The van der Waals surface area contributed by atoms with E-state index in [-0.39, 0.29) is 12.1 Å². The molecule has 0 aliphatic heterocycles. The Balaban J connectivity index is 2.17. The maximum Gasteiger partial charge on any atom is 0.416 e. The molecule has 1 amide bonds. The van der Waals surface area contributed by atoms with Gasteiger partial charge in [0.15, 0.2) is 0 Å². The molecule has 2 N–H and O–H groups in total. The average molecular weight is 421 g/mol. The largest absolute Gasteiger partial charge is 0.416 e. The van der Waals surface area contributed by atoms with E-state index in [2.05, 4.69) is 10.0 Å². The summed E-state index contributed by atoms with van der Waals surface area (Å²) in [6, 6.07) is 9.47. The molecule has 0 radical (unpaired) electrons. The molecular formula is C17H16ClF3N2O3S. The van der Waals surface area contributed by atoms with Gasteiger partial charge in [0, 0.05) is 17.1 Å². The van der Waals surface area contributed by atoms with E-state index in [1.54, 1.807) is 24.3 Å². The van der Waals surface area contributed by atoms with E-state index >= 15 is 0 Å². The standard InChI is InChI=1S/C17H16ClF3N2O3S/c1-27(25,26)23-15(11-5-7-13(18)8-6-11)10-16(24)22-14-4-2-3-12(9-14)17(19,20)21/h2-9,15,23H,10H2,1H3,(H,22,24)/t15-/m1/s1. The highest BCUT2D eigenvalue weighted by Crippen LogP contribution is 2.31. The van der Waals surface area contributed by atoms with Crippen LogP contribution in [-0.4, -0.2) is 20.6 Å². The van der Waals surface area contributed by atoms with Crippen molar-refractivity contribution < 1.29 is 26.4 Å². The number of sulfonamides is 1. The lowest BCUT2D eigenvalue weighted by Crippen LogP contribution is -2.30. The van der Waals surface area contributed by atoms with Crippen molar-refractivity contribution in [2.75, 3.05) is 11.6 Å². The highest BCUT2D eigenvalue weighted by Gasteiger charge is 2.30. The van der Waals surface area contributed by atoms with Crippen LogP contribution in [0, 0.1) is 0 Å². The predicted molar refractivity (Wildman–Crippen MR) is 96.9 cm³/mol. The zero-order valence-corrected chi connectivity index (χ0v) is 15.6. The molecule has 0 spiro atoms. The highest BCUT2D eigenvalue weighted by molar-refractivity contribution is 7.88. The van der Waals surface area contributed by atoms with Gasteiger partial charge in [-0.05, 0) is 35.9 Å². The van der Waals surface area contributed by atoms with Gasteiger partial charge in [0.25, 0.3) is 0 Å². The molecule has 146 valence electrons. The van der Waals surface area contributed by atoms with Crippen LogP contribution in [0.5, 0.6) is 0 Å². The van der Waals surface area contributed by atoms with E-state index in [9.17, 15) is 26.4 Å². The normalized spacial score (nSPS) is 13.2. The number of benzene rings is 2. The quantitative estimate of drug-likeness (QED) is 0.742. The van der Waals surface area contributed by atoms with Crippen LogP contribution in [-0.2, 0) is 21.0 Å². The molecule has 27 heavy (non-hydrogen) atoms. The first kappa shape index (κ1) is 21.2. The van der Waals surface area contributed by atoms with E-state index in [0.29, 0.717) is 10.6 Å². The molecule has 0 saturated carbocycles. The number of halogens is 4. The third kappa shape index (κ3) is 6.85. The summed E-state index contributed by atoms with van der Waals surface area (Å²) in [6.45, 7) is 0. The molecule has 2 aromatic rings. The molecule has 0 aliphatic rings. The zero-order chi connectivity index (χ0) is 20.2. The van der Waals surface area contributed by atoms with Crippen molar-refractivity contribution in [3.63, 3.8) is 0 Å². The minimum atomic E-state index is -4.54. The molecular weight excluding hydrogens is 405 g/mol. The van der Waals surface area contributed by atoms with Crippen molar-refractivity contribution in [1.29, 1.82) is 0 Å². The second-order valence-corrected chi connectivity index (χ2v) is 8.04. The third-order valence-corrected chi connectivity index (χ3v) is 4.46. The van der Waals surface area contributed by atoms with Crippen molar-refractivity contribution in [3.05, 3.63) is 64.7 Å². The second kappa shape index (κ2) is 8.28. The Bertz CT molecular complexity index is 916. The fraction of sp³-hybridized carbons (Fsp3) is 0.235. The average Bonchev–Trinajstić information content (AvgIpc) is 2.53. The van der Waals surface area contributed by atoms with E-state index in [1.807, 2.05) is 0 Å². The molecule has 2 aromatic carbocycles.